The number of pyridine rings is 1. The van der Waals surface area contributed by atoms with E-state index in [1.807, 2.05) is 18.2 Å². The Hall–Kier alpha value is -2.64. The van der Waals surface area contributed by atoms with Crippen molar-refractivity contribution < 1.29 is 19.7 Å². The third kappa shape index (κ3) is 2.92. The van der Waals surface area contributed by atoms with Crippen LogP contribution in [0.15, 0.2) is 36.5 Å². The first-order valence-corrected chi connectivity index (χ1v) is 14.7. The largest absolute Gasteiger partial charge is 0.504 e. The summed E-state index contributed by atoms with van der Waals surface area (Å²) in [5.41, 5.74) is 1.20. The van der Waals surface area contributed by atoms with E-state index in [1.165, 1.54) is 18.4 Å². The molecule has 2 bridgehead atoms. The van der Waals surface area contributed by atoms with E-state index in [9.17, 15) is 15.0 Å². The van der Waals surface area contributed by atoms with E-state index in [2.05, 4.69) is 20.9 Å². The molecule has 3 aliphatic heterocycles. The Bertz CT molecular complexity index is 1300. The number of nitrogens with zero attached hydrogens (tertiary/aromatic N) is 3. The summed E-state index contributed by atoms with van der Waals surface area (Å²) in [5, 5.41) is 23.8. The number of aryl methyl sites for hydroxylation is 1. The molecule has 2 spiro atoms. The molecule has 200 valence electrons. The van der Waals surface area contributed by atoms with Gasteiger partial charge < -0.3 is 19.8 Å². The topological polar surface area (TPSA) is 86.1 Å². The fourth-order valence-electron chi connectivity index (χ4n) is 9.31. The number of aromatic nitrogens is 1. The van der Waals surface area contributed by atoms with Gasteiger partial charge in [-0.25, -0.2) is 0 Å². The molecule has 1 aromatic heterocycles. The molecule has 2 saturated heterocycles. The number of amides is 1. The minimum Gasteiger partial charge on any atom is -0.504 e. The van der Waals surface area contributed by atoms with Gasteiger partial charge in [-0.05, 0) is 94.0 Å². The van der Waals surface area contributed by atoms with Crippen LogP contribution in [0.3, 0.4) is 0 Å². The molecule has 4 fully saturated rings. The van der Waals surface area contributed by atoms with Crippen LogP contribution in [0.4, 0.5) is 0 Å². The molecular weight excluding hydrogens is 478 g/mol. The third-order valence-electron chi connectivity index (χ3n) is 11.1. The molecule has 7 heteroatoms. The van der Waals surface area contributed by atoms with E-state index in [-0.39, 0.29) is 23.8 Å². The van der Waals surface area contributed by atoms with Crippen molar-refractivity contribution in [3.63, 3.8) is 0 Å². The molecule has 0 radical (unpaired) electrons. The molecular formula is C31H37N3O4. The average molecular weight is 516 g/mol. The molecule has 7 nitrogen and oxygen atoms in total. The van der Waals surface area contributed by atoms with Crippen LogP contribution in [0.5, 0.6) is 11.5 Å². The van der Waals surface area contributed by atoms with Crippen molar-refractivity contribution >= 4 is 5.91 Å². The van der Waals surface area contributed by atoms with E-state index in [1.54, 1.807) is 12.3 Å². The lowest BCUT2D eigenvalue weighted by Gasteiger charge is -2.67. The second kappa shape index (κ2) is 7.95. The summed E-state index contributed by atoms with van der Waals surface area (Å²) >= 11 is 0. The monoisotopic (exact) mass is 515 g/mol. The number of likely N-dealkylation sites (tertiary alicyclic amines) is 2. The number of hydrogen-bond acceptors (Lipinski definition) is 6. The van der Waals surface area contributed by atoms with Crippen LogP contribution in [0.25, 0.3) is 0 Å². The molecule has 5 atom stereocenters. The Kier molecular flexibility index (Phi) is 4.87. The molecule has 6 aliphatic rings. The predicted molar refractivity (Wildman–Crippen MR) is 141 cm³/mol. The van der Waals surface area contributed by atoms with Crippen molar-refractivity contribution in [2.45, 2.75) is 92.9 Å². The zero-order chi connectivity index (χ0) is 25.7. The zero-order valence-electron chi connectivity index (χ0n) is 21.9. The van der Waals surface area contributed by atoms with Gasteiger partial charge in [0.05, 0.1) is 16.6 Å². The minimum absolute atomic E-state index is 0.0537. The van der Waals surface area contributed by atoms with E-state index >= 15 is 0 Å². The molecule has 2 N–H and O–H groups in total. The average Bonchev–Trinajstić information content (AvgIpc) is 3.52. The highest BCUT2D eigenvalue weighted by atomic mass is 16.5. The first-order chi connectivity index (χ1) is 18.5. The van der Waals surface area contributed by atoms with Crippen molar-refractivity contribution in [1.29, 1.82) is 0 Å². The highest BCUT2D eigenvalue weighted by Gasteiger charge is 2.77. The van der Waals surface area contributed by atoms with E-state index in [4.69, 9.17) is 4.74 Å². The lowest BCUT2D eigenvalue weighted by atomic mass is 9.45. The summed E-state index contributed by atoms with van der Waals surface area (Å²) in [5.74, 6) is 1.64. The maximum absolute atomic E-state index is 13.8. The van der Waals surface area contributed by atoms with E-state index < -0.39 is 16.6 Å². The van der Waals surface area contributed by atoms with Crippen LogP contribution in [0, 0.1) is 5.92 Å². The number of aromatic hydroxyl groups is 1. The van der Waals surface area contributed by atoms with Crippen LogP contribution in [-0.4, -0.2) is 73.8 Å². The number of phenols is 1. The quantitative estimate of drug-likeness (QED) is 0.635. The standard InChI is InChI=1S/C31H37N3O4/c35-23-9-7-21-18-24-31(37)13-12-29(11-3-16-34(29)25(36)10-8-22-4-1-2-15-32-22)28-30(31,26(21)27(23)38-28)14-17-33(24)19-20-5-6-20/h1-2,4,7,9,15,20,24,28,35,37H,3,5-6,8,10-14,16-19H2/t24-,28+,29-,30+,31-/m1/s1. The molecule has 38 heavy (non-hydrogen) atoms. The summed E-state index contributed by atoms with van der Waals surface area (Å²) in [6, 6.07) is 9.72. The van der Waals surface area contributed by atoms with Gasteiger partial charge in [0, 0.05) is 43.0 Å². The molecule has 8 rings (SSSR count). The smallest absolute Gasteiger partial charge is 0.223 e. The van der Waals surface area contributed by atoms with Gasteiger partial charge in [-0.2, -0.15) is 0 Å². The van der Waals surface area contributed by atoms with Crippen LogP contribution < -0.4 is 4.74 Å². The summed E-state index contributed by atoms with van der Waals surface area (Å²) in [4.78, 5) is 22.9. The fourth-order valence-corrected chi connectivity index (χ4v) is 9.31. The Labute approximate surface area is 223 Å². The van der Waals surface area contributed by atoms with Gasteiger partial charge in [0.25, 0.3) is 0 Å². The van der Waals surface area contributed by atoms with Gasteiger partial charge in [-0.1, -0.05) is 12.1 Å². The van der Waals surface area contributed by atoms with E-state index in [0.29, 0.717) is 25.0 Å². The Morgan fingerprint density at radius 3 is 2.82 bits per heavy atom. The highest BCUT2D eigenvalue weighted by Crippen LogP contribution is 2.69. The number of hydrogen-bond donors (Lipinski definition) is 2. The van der Waals surface area contributed by atoms with Gasteiger partial charge in [-0.3, -0.25) is 14.7 Å². The van der Waals surface area contributed by atoms with Crippen LogP contribution in [0.2, 0.25) is 0 Å². The highest BCUT2D eigenvalue weighted by molar-refractivity contribution is 5.78. The summed E-state index contributed by atoms with van der Waals surface area (Å²) in [6.45, 7) is 2.72. The minimum atomic E-state index is -0.923. The Morgan fingerprint density at radius 1 is 1.11 bits per heavy atom. The van der Waals surface area contributed by atoms with E-state index in [0.717, 1.165) is 68.9 Å². The number of aliphatic hydroxyl groups is 1. The molecule has 2 saturated carbocycles. The lowest BCUT2D eigenvalue weighted by molar-refractivity contribution is -0.217. The predicted octanol–water partition coefficient (Wildman–Crippen LogP) is 3.35. The lowest BCUT2D eigenvalue weighted by Crippen LogP contribution is -2.80. The van der Waals surface area contributed by atoms with Gasteiger partial charge in [-0.15, -0.1) is 0 Å². The fraction of sp³-hybridized carbons (Fsp3) is 0.613. The number of phenolic OH excluding ortho intramolecular Hbond substituents is 1. The number of carbonyl (C=O) groups excluding carboxylic acids is 1. The van der Waals surface area contributed by atoms with Crippen molar-refractivity contribution in [2.24, 2.45) is 5.92 Å². The third-order valence-corrected chi connectivity index (χ3v) is 11.1. The number of carbonyl (C=O) groups is 1. The molecule has 2 aromatic rings. The van der Waals surface area contributed by atoms with Crippen molar-refractivity contribution in [2.75, 3.05) is 19.6 Å². The first kappa shape index (κ1) is 23.3. The van der Waals surface area contributed by atoms with Gasteiger partial charge >= 0.3 is 0 Å². The maximum Gasteiger partial charge on any atom is 0.223 e. The second-order valence-corrected chi connectivity index (χ2v) is 12.8. The first-order valence-electron chi connectivity index (χ1n) is 14.7. The van der Waals surface area contributed by atoms with Crippen LogP contribution in [0.1, 0.15) is 68.2 Å². The van der Waals surface area contributed by atoms with Crippen molar-refractivity contribution in [3.8, 4) is 11.5 Å². The molecule has 3 aliphatic carbocycles. The summed E-state index contributed by atoms with van der Waals surface area (Å²) < 4.78 is 6.85. The van der Waals surface area contributed by atoms with Gasteiger partial charge in [0.2, 0.25) is 5.91 Å². The number of benzene rings is 1. The van der Waals surface area contributed by atoms with Gasteiger partial charge in [0.1, 0.15) is 6.10 Å². The number of rotatable bonds is 5. The summed E-state index contributed by atoms with van der Waals surface area (Å²) in [7, 11) is 0. The molecule has 1 amide bonds. The van der Waals surface area contributed by atoms with Crippen molar-refractivity contribution in [3.05, 3.63) is 53.3 Å². The van der Waals surface area contributed by atoms with Crippen molar-refractivity contribution in [1.82, 2.24) is 14.8 Å². The summed E-state index contributed by atoms with van der Waals surface area (Å²) in [6.07, 6.45) is 9.89. The number of ether oxygens (including phenoxy) is 1. The normalized spacial score (nSPS) is 36.8. The Morgan fingerprint density at radius 2 is 2.00 bits per heavy atom. The second-order valence-electron chi connectivity index (χ2n) is 12.8. The number of piperidine rings is 1. The zero-order valence-corrected chi connectivity index (χ0v) is 21.9. The molecule has 4 heterocycles. The SMILES string of the molecule is O=C(CCc1ccccn1)N1CCC[C@]12CC[C@@]1(O)[C@H]3Cc4ccc(O)c5c4[C@@]1(CCN3CC1CC1)[C@H]2O5. The number of fused-ring (bicyclic) bond motifs is 1. The van der Waals surface area contributed by atoms with Crippen LogP contribution in [-0.2, 0) is 23.1 Å². The van der Waals surface area contributed by atoms with Crippen LogP contribution >= 0.6 is 0 Å². The molecule has 0 unspecified atom stereocenters. The molecule has 1 aromatic carbocycles. The van der Waals surface area contributed by atoms with Gasteiger partial charge in [0.15, 0.2) is 11.5 Å². The maximum atomic E-state index is 13.8. The Balaban J connectivity index is 1.19.